The smallest absolute Gasteiger partial charge is 0.335 e. The predicted octanol–water partition coefficient (Wildman–Crippen LogP) is 1.22. The zero-order chi connectivity index (χ0) is 21.4. The maximum atomic E-state index is 12.8. The van der Waals surface area contributed by atoms with Gasteiger partial charge in [-0.15, -0.1) is 0 Å². The van der Waals surface area contributed by atoms with Crippen molar-refractivity contribution in [2.45, 2.75) is 12.5 Å². The van der Waals surface area contributed by atoms with Crippen LogP contribution in [0.1, 0.15) is 22.7 Å². The number of nitrogens with zero attached hydrogens (tertiary/aromatic N) is 1. The van der Waals surface area contributed by atoms with Gasteiger partial charge in [0, 0.05) is 16.5 Å². The minimum Gasteiger partial charge on any atom is -0.494 e. The normalized spacial score (nSPS) is 15.5. The molecule has 0 spiro atoms. The Kier molecular flexibility index (Phi) is 5.40. The van der Waals surface area contributed by atoms with Crippen molar-refractivity contribution >= 4 is 15.9 Å². The Balaban J connectivity index is 1.93. The van der Waals surface area contributed by atoms with Gasteiger partial charge in [-0.25, -0.2) is 9.36 Å². The molecule has 2 aromatic carbocycles. The van der Waals surface area contributed by atoms with Crippen molar-refractivity contribution in [2.24, 2.45) is 0 Å². The summed E-state index contributed by atoms with van der Waals surface area (Å²) in [5.41, 5.74) is 1.08. The third-order valence-electron chi connectivity index (χ3n) is 5.31. The van der Waals surface area contributed by atoms with Gasteiger partial charge in [0.25, 0.3) is 5.56 Å². The molecule has 1 aromatic heterocycles. The van der Waals surface area contributed by atoms with Crippen LogP contribution in [-0.4, -0.2) is 35.4 Å². The maximum Gasteiger partial charge on any atom is 0.335 e. The Bertz CT molecular complexity index is 1220. The van der Waals surface area contributed by atoms with Gasteiger partial charge >= 0.3 is 5.69 Å². The lowest BCUT2D eigenvalue weighted by molar-refractivity contribution is -0.690. The van der Waals surface area contributed by atoms with Crippen LogP contribution in [0.25, 0.3) is 5.69 Å². The second kappa shape index (κ2) is 8.00. The van der Waals surface area contributed by atoms with E-state index in [0.717, 1.165) is 26.6 Å². The molecule has 2 heterocycles. The van der Waals surface area contributed by atoms with Crippen LogP contribution in [0.5, 0.6) is 17.4 Å². The van der Waals surface area contributed by atoms with Gasteiger partial charge in [-0.05, 0) is 42.0 Å². The molecule has 8 nitrogen and oxygen atoms in total. The lowest BCUT2D eigenvalue weighted by Crippen LogP contribution is -2.87. The molecule has 0 unspecified atom stereocenters. The summed E-state index contributed by atoms with van der Waals surface area (Å²) in [6, 6.07) is 10.1. The number of aromatic hydroxyl groups is 1. The Morgan fingerprint density at radius 2 is 1.80 bits per heavy atom. The molecule has 1 atom stereocenters. The number of halogens is 1. The molecule has 0 bridgehead atoms. The molecule has 4 rings (SSSR count). The molecule has 1 aliphatic rings. The summed E-state index contributed by atoms with van der Waals surface area (Å²) in [7, 11) is 3.12. The van der Waals surface area contributed by atoms with Gasteiger partial charge in [-0.2, -0.15) is 0 Å². The summed E-state index contributed by atoms with van der Waals surface area (Å²) < 4.78 is 12.8. The Morgan fingerprint density at radius 3 is 2.47 bits per heavy atom. The van der Waals surface area contributed by atoms with E-state index in [2.05, 4.69) is 20.9 Å². The highest BCUT2D eigenvalue weighted by Crippen LogP contribution is 2.36. The molecule has 0 saturated heterocycles. The van der Waals surface area contributed by atoms with E-state index in [9.17, 15) is 14.7 Å². The molecule has 1 aliphatic heterocycles. The van der Waals surface area contributed by atoms with E-state index in [0.29, 0.717) is 23.7 Å². The standard InChI is InChI=1S/C21H20BrN3O5/c1-29-15-9-11-7-8-23-18(14(11)10-16(15)30-2)17-19(26)24-21(28)25(20(17)27)13-5-3-12(22)4-6-13/h3-6,9-10,18,23,27H,7-8H2,1-2H3,(H,24,26,28)/p+1/t18-/m0/s1. The van der Waals surface area contributed by atoms with Crippen molar-refractivity contribution in [3.63, 3.8) is 0 Å². The summed E-state index contributed by atoms with van der Waals surface area (Å²) in [5.74, 6) is 0.763. The third kappa shape index (κ3) is 3.40. The Hall–Kier alpha value is -3.04. The van der Waals surface area contributed by atoms with E-state index in [1.165, 1.54) is 0 Å². The van der Waals surface area contributed by atoms with Crippen molar-refractivity contribution in [3.05, 3.63) is 78.4 Å². The fraction of sp³-hybridized carbons (Fsp3) is 0.238. The highest BCUT2D eigenvalue weighted by Gasteiger charge is 2.33. The van der Waals surface area contributed by atoms with E-state index in [1.807, 2.05) is 17.4 Å². The number of hydrogen-bond acceptors (Lipinski definition) is 5. The van der Waals surface area contributed by atoms with Gasteiger partial charge in [0.05, 0.1) is 26.5 Å². The molecule has 9 heteroatoms. The number of rotatable bonds is 4. The highest BCUT2D eigenvalue weighted by molar-refractivity contribution is 9.10. The molecule has 30 heavy (non-hydrogen) atoms. The average Bonchev–Trinajstić information content (AvgIpc) is 2.73. The van der Waals surface area contributed by atoms with Crippen molar-refractivity contribution in [1.29, 1.82) is 0 Å². The van der Waals surface area contributed by atoms with Crippen molar-refractivity contribution in [2.75, 3.05) is 20.8 Å². The third-order valence-corrected chi connectivity index (χ3v) is 5.84. The van der Waals surface area contributed by atoms with Crippen LogP contribution >= 0.6 is 15.9 Å². The van der Waals surface area contributed by atoms with Crippen molar-refractivity contribution < 1.29 is 19.9 Å². The number of aromatic amines is 1. The topological polar surface area (TPSA) is 110 Å². The molecule has 0 saturated carbocycles. The van der Waals surface area contributed by atoms with Crippen molar-refractivity contribution in [3.8, 4) is 23.1 Å². The number of benzene rings is 2. The minimum absolute atomic E-state index is 0.116. The number of methoxy groups -OCH3 is 2. The monoisotopic (exact) mass is 474 g/mol. The van der Waals surface area contributed by atoms with E-state index in [1.54, 1.807) is 38.5 Å². The van der Waals surface area contributed by atoms with Crippen LogP contribution in [-0.2, 0) is 6.42 Å². The molecule has 0 radical (unpaired) electrons. The zero-order valence-electron chi connectivity index (χ0n) is 16.4. The number of nitrogens with one attached hydrogen (secondary N) is 1. The lowest BCUT2D eigenvalue weighted by atomic mass is 9.90. The van der Waals surface area contributed by atoms with Gasteiger partial charge in [-0.3, -0.25) is 9.78 Å². The van der Waals surface area contributed by atoms with Gasteiger partial charge in [-0.1, -0.05) is 15.9 Å². The van der Waals surface area contributed by atoms with Gasteiger partial charge in [0.1, 0.15) is 11.6 Å². The predicted molar refractivity (Wildman–Crippen MR) is 114 cm³/mol. The van der Waals surface area contributed by atoms with E-state index in [4.69, 9.17) is 9.47 Å². The van der Waals surface area contributed by atoms with E-state index >= 15 is 0 Å². The van der Waals surface area contributed by atoms with Gasteiger partial charge < -0.3 is 19.9 Å². The Labute approximate surface area is 180 Å². The largest absolute Gasteiger partial charge is 0.494 e. The maximum absolute atomic E-state index is 12.8. The average molecular weight is 475 g/mol. The van der Waals surface area contributed by atoms with E-state index < -0.39 is 17.3 Å². The molecular weight excluding hydrogens is 454 g/mol. The van der Waals surface area contributed by atoms with Crippen LogP contribution in [0.4, 0.5) is 0 Å². The van der Waals surface area contributed by atoms with Crippen LogP contribution in [0.2, 0.25) is 0 Å². The second-order valence-corrected chi connectivity index (χ2v) is 7.88. The lowest BCUT2D eigenvalue weighted by Gasteiger charge is -2.26. The van der Waals surface area contributed by atoms with Gasteiger partial charge in [0.15, 0.2) is 11.5 Å². The first-order chi connectivity index (χ1) is 14.4. The first kappa shape index (κ1) is 20.2. The van der Waals surface area contributed by atoms with Crippen molar-refractivity contribution in [1.82, 2.24) is 9.55 Å². The van der Waals surface area contributed by atoms with Crippen LogP contribution < -0.4 is 26.0 Å². The number of nitrogens with two attached hydrogens (primary N) is 1. The van der Waals surface area contributed by atoms with Gasteiger partial charge in [0.2, 0.25) is 5.88 Å². The number of quaternary nitrogens is 1. The SMILES string of the molecule is COc1cc2c(cc1OC)[C@@H](c1c(O)n(-c3ccc(Br)cc3)c(=O)[nH]c1=O)[NH2+]CC2. The summed E-state index contributed by atoms with van der Waals surface area (Å²) in [6.07, 6.45) is 0.775. The zero-order valence-corrected chi connectivity index (χ0v) is 18.0. The van der Waals surface area contributed by atoms with Crippen LogP contribution in [0.15, 0.2) is 50.5 Å². The fourth-order valence-corrected chi connectivity index (χ4v) is 4.16. The number of ether oxygens (including phenoxy) is 2. The van der Waals surface area contributed by atoms with Crippen LogP contribution in [0.3, 0.4) is 0 Å². The number of fused-ring (bicyclic) bond motifs is 1. The first-order valence-electron chi connectivity index (χ1n) is 9.36. The first-order valence-corrected chi connectivity index (χ1v) is 10.2. The molecule has 0 fully saturated rings. The van der Waals surface area contributed by atoms with E-state index in [-0.39, 0.29) is 11.4 Å². The number of H-pyrrole nitrogens is 1. The summed E-state index contributed by atoms with van der Waals surface area (Å²) in [6.45, 7) is 0.712. The quantitative estimate of drug-likeness (QED) is 0.526. The molecule has 156 valence electrons. The van der Waals surface area contributed by atoms with Crippen LogP contribution in [0, 0.1) is 0 Å². The summed E-state index contributed by atoms with van der Waals surface area (Å²) in [4.78, 5) is 27.6. The second-order valence-electron chi connectivity index (χ2n) is 6.97. The Morgan fingerprint density at radius 1 is 1.13 bits per heavy atom. The molecule has 4 N–H and O–H groups in total. The summed E-state index contributed by atoms with van der Waals surface area (Å²) in [5, 5.41) is 13.0. The number of aromatic nitrogens is 2. The fourth-order valence-electron chi connectivity index (χ4n) is 3.90. The molecular formula is C21H21BrN3O5+. The molecule has 0 amide bonds. The number of hydrogen-bond donors (Lipinski definition) is 3. The summed E-state index contributed by atoms with van der Waals surface area (Å²) >= 11 is 3.35. The molecule has 3 aromatic rings. The highest BCUT2D eigenvalue weighted by atomic mass is 79.9. The molecule has 0 aliphatic carbocycles. The minimum atomic E-state index is -0.702.